The van der Waals surface area contributed by atoms with Gasteiger partial charge in [0.15, 0.2) is 5.78 Å². The Morgan fingerprint density at radius 2 is 2.15 bits per heavy atom. The number of Topliss-reactive ketones (excluding diaryl/α,β-unsaturated/α-hetero) is 1. The summed E-state index contributed by atoms with van der Waals surface area (Å²) >= 11 is 0. The van der Waals surface area contributed by atoms with Gasteiger partial charge in [0.2, 0.25) is 0 Å². The first kappa shape index (κ1) is 15.1. The number of halogens is 1. The molecule has 1 saturated heterocycles. The van der Waals surface area contributed by atoms with Gasteiger partial charge in [0, 0.05) is 25.6 Å². The zero-order chi connectivity index (χ0) is 14.8. The number of ketones is 1. The topological polar surface area (TPSA) is 53.4 Å². The molecule has 0 aromatic carbocycles. The van der Waals surface area contributed by atoms with Crippen LogP contribution >= 0.6 is 0 Å². The molecule has 0 spiro atoms. The van der Waals surface area contributed by atoms with E-state index in [1.807, 2.05) is 13.8 Å². The Kier molecular flexibility index (Phi) is 4.50. The average Bonchev–Trinajstić information content (AvgIpc) is 2.41. The summed E-state index contributed by atoms with van der Waals surface area (Å²) < 4.78 is 12.8. The molecule has 110 valence electrons. The van der Waals surface area contributed by atoms with Crippen molar-refractivity contribution < 1.29 is 14.3 Å². The Morgan fingerprint density at radius 1 is 1.50 bits per heavy atom. The molecule has 1 fully saturated rings. The number of carbonyl (C=O) groups is 1. The molecule has 1 aliphatic rings. The van der Waals surface area contributed by atoms with E-state index < -0.39 is 11.4 Å². The third-order valence-corrected chi connectivity index (χ3v) is 3.89. The number of pyridine rings is 1. The van der Waals surface area contributed by atoms with Gasteiger partial charge in [0.25, 0.3) is 0 Å². The Bertz CT molecular complexity index is 463. The minimum Gasteiger partial charge on any atom is -0.390 e. The lowest BCUT2D eigenvalue weighted by atomic mass is 9.92. The fourth-order valence-electron chi connectivity index (χ4n) is 2.46. The van der Waals surface area contributed by atoms with Crippen LogP contribution < -0.4 is 0 Å². The molecule has 0 radical (unpaired) electrons. The van der Waals surface area contributed by atoms with E-state index in [2.05, 4.69) is 9.88 Å². The fourth-order valence-corrected chi connectivity index (χ4v) is 2.46. The number of nitrogens with zero attached hydrogens (tertiary/aromatic N) is 2. The number of aliphatic hydroxyl groups is 1. The van der Waals surface area contributed by atoms with Crippen LogP contribution in [0, 0.1) is 11.7 Å². The van der Waals surface area contributed by atoms with Crippen LogP contribution in [0.5, 0.6) is 0 Å². The van der Waals surface area contributed by atoms with Gasteiger partial charge in [-0.25, -0.2) is 4.39 Å². The lowest BCUT2D eigenvalue weighted by Gasteiger charge is -2.36. The van der Waals surface area contributed by atoms with Crippen LogP contribution in [0.1, 0.15) is 37.2 Å². The second kappa shape index (κ2) is 5.97. The van der Waals surface area contributed by atoms with Gasteiger partial charge in [0.1, 0.15) is 11.5 Å². The standard InChI is InChI=1S/C15H21FN2O2/c1-11(10-18-7-5-15(2,20)6-8-18)14(19)13-4-3-12(16)9-17-13/h3-4,9,11,20H,5-8,10H2,1-2H3. The molecule has 1 aromatic heterocycles. The van der Waals surface area contributed by atoms with E-state index in [0.717, 1.165) is 32.1 Å². The van der Waals surface area contributed by atoms with Crippen molar-refractivity contribution in [2.45, 2.75) is 32.3 Å². The maximum atomic E-state index is 12.8. The molecule has 0 amide bonds. The van der Waals surface area contributed by atoms with Gasteiger partial charge in [-0.15, -0.1) is 0 Å². The van der Waals surface area contributed by atoms with Crippen LogP contribution in [0.25, 0.3) is 0 Å². The second-order valence-electron chi connectivity index (χ2n) is 5.92. The molecule has 1 atom stereocenters. The third-order valence-electron chi connectivity index (χ3n) is 3.89. The highest BCUT2D eigenvalue weighted by Gasteiger charge is 2.29. The monoisotopic (exact) mass is 280 g/mol. The summed E-state index contributed by atoms with van der Waals surface area (Å²) in [4.78, 5) is 18.2. The van der Waals surface area contributed by atoms with Crippen LogP contribution in [-0.2, 0) is 0 Å². The van der Waals surface area contributed by atoms with Crippen LogP contribution in [0.15, 0.2) is 18.3 Å². The van der Waals surface area contributed by atoms with Gasteiger partial charge in [-0.05, 0) is 31.9 Å². The van der Waals surface area contributed by atoms with Crippen molar-refractivity contribution in [1.29, 1.82) is 0 Å². The van der Waals surface area contributed by atoms with Crippen LogP contribution in [0.4, 0.5) is 4.39 Å². The highest BCUT2D eigenvalue weighted by Crippen LogP contribution is 2.22. The van der Waals surface area contributed by atoms with Crippen molar-refractivity contribution in [3.8, 4) is 0 Å². The normalized spacial score (nSPS) is 20.6. The molecule has 20 heavy (non-hydrogen) atoms. The molecule has 0 aliphatic carbocycles. The molecule has 4 nitrogen and oxygen atoms in total. The van der Waals surface area contributed by atoms with E-state index in [1.165, 1.54) is 12.1 Å². The summed E-state index contributed by atoms with van der Waals surface area (Å²) in [6, 6.07) is 2.68. The molecule has 2 rings (SSSR count). The predicted molar refractivity (Wildman–Crippen MR) is 74.0 cm³/mol. The molecule has 2 heterocycles. The highest BCUT2D eigenvalue weighted by molar-refractivity contribution is 5.95. The molecule has 0 bridgehead atoms. The summed E-state index contributed by atoms with van der Waals surface area (Å²) in [5, 5.41) is 9.90. The number of rotatable bonds is 4. The largest absolute Gasteiger partial charge is 0.390 e. The highest BCUT2D eigenvalue weighted by atomic mass is 19.1. The second-order valence-corrected chi connectivity index (χ2v) is 5.92. The van der Waals surface area contributed by atoms with Crippen molar-refractivity contribution >= 4 is 5.78 Å². The molecule has 5 heteroatoms. The van der Waals surface area contributed by atoms with E-state index in [0.29, 0.717) is 12.2 Å². The fraction of sp³-hybridized carbons (Fsp3) is 0.600. The van der Waals surface area contributed by atoms with Gasteiger partial charge in [-0.1, -0.05) is 6.92 Å². The molecule has 1 aromatic rings. The maximum Gasteiger partial charge on any atom is 0.185 e. The molecular formula is C15H21FN2O2. The van der Waals surface area contributed by atoms with Crippen LogP contribution in [0.2, 0.25) is 0 Å². The molecule has 1 aliphatic heterocycles. The number of hydrogen-bond donors (Lipinski definition) is 1. The lowest BCUT2D eigenvalue weighted by Crippen LogP contribution is -2.44. The van der Waals surface area contributed by atoms with Crippen molar-refractivity contribution in [3.05, 3.63) is 29.8 Å². The summed E-state index contributed by atoms with van der Waals surface area (Å²) in [5.74, 6) is -0.689. The SMILES string of the molecule is CC(CN1CCC(C)(O)CC1)C(=O)c1ccc(F)cn1. The predicted octanol–water partition coefficient (Wildman–Crippen LogP) is 1.89. The Labute approximate surface area is 118 Å². The minimum absolute atomic E-state index is 0.0673. The van der Waals surface area contributed by atoms with E-state index in [9.17, 15) is 14.3 Å². The average molecular weight is 280 g/mol. The summed E-state index contributed by atoms with van der Waals surface area (Å²) in [6.07, 6.45) is 2.52. The van der Waals surface area contributed by atoms with E-state index in [1.54, 1.807) is 0 Å². The number of hydrogen-bond acceptors (Lipinski definition) is 4. The van der Waals surface area contributed by atoms with Gasteiger partial charge in [0.05, 0.1) is 11.8 Å². The minimum atomic E-state index is -0.581. The summed E-state index contributed by atoms with van der Waals surface area (Å²) in [5.41, 5.74) is -0.273. The van der Waals surface area contributed by atoms with Crippen LogP contribution in [0.3, 0.4) is 0 Å². The number of carbonyl (C=O) groups excluding carboxylic acids is 1. The van der Waals surface area contributed by atoms with Gasteiger partial charge < -0.3 is 10.0 Å². The van der Waals surface area contributed by atoms with Crippen molar-refractivity contribution in [3.63, 3.8) is 0 Å². The smallest absolute Gasteiger partial charge is 0.185 e. The van der Waals surface area contributed by atoms with Gasteiger partial charge >= 0.3 is 0 Å². The first-order valence-electron chi connectivity index (χ1n) is 6.98. The first-order chi connectivity index (χ1) is 9.37. The molecular weight excluding hydrogens is 259 g/mol. The van der Waals surface area contributed by atoms with Crippen molar-refractivity contribution in [2.24, 2.45) is 5.92 Å². The number of piperidine rings is 1. The van der Waals surface area contributed by atoms with Crippen molar-refractivity contribution in [1.82, 2.24) is 9.88 Å². The number of likely N-dealkylation sites (tertiary alicyclic amines) is 1. The Hall–Kier alpha value is -1.33. The lowest BCUT2D eigenvalue weighted by molar-refractivity contribution is -0.00757. The maximum absolute atomic E-state index is 12.8. The van der Waals surface area contributed by atoms with Crippen molar-refractivity contribution in [2.75, 3.05) is 19.6 Å². The zero-order valence-corrected chi connectivity index (χ0v) is 12.0. The van der Waals surface area contributed by atoms with E-state index >= 15 is 0 Å². The van der Waals surface area contributed by atoms with Gasteiger partial charge in [-0.2, -0.15) is 0 Å². The van der Waals surface area contributed by atoms with E-state index in [4.69, 9.17) is 0 Å². The molecule has 1 unspecified atom stereocenters. The molecule has 0 saturated carbocycles. The quantitative estimate of drug-likeness (QED) is 0.856. The molecule has 1 N–H and O–H groups in total. The Balaban J connectivity index is 1.90. The first-order valence-corrected chi connectivity index (χ1v) is 6.98. The zero-order valence-electron chi connectivity index (χ0n) is 12.0. The summed E-state index contributed by atoms with van der Waals surface area (Å²) in [7, 11) is 0. The van der Waals surface area contributed by atoms with Gasteiger partial charge in [-0.3, -0.25) is 9.78 Å². The number of aromatic nitrogens is 1. The summed E-state index contributed by atoms with van der Waals surface area (Å²) in [6.45, 7) is 5.94. The Morgan fingerprint density at radius 3 is 2.70 bits per heavy atom. The van der Waals surface area contributed by atoms with E-state index in [-0.39, 0.29) is 11.7 Å². The third kappa shape index (κ3) is 3.84. The van der Waals surface area contributed by atoms with Crippen LogP contribution in [-0.4, -0.2) is 46.0 Å².